The van der Waals surface area contributed by atoms with Gasteiger partial charge in [-0.25, -0.2) is 15.0 Å². The van der Waals surface area contributed by atoms with Crippen LogP contribution >= 0.6 is 0 Å². The average Bonchev–Trinajstić information content (AvgIpc) is 3.33. The zero-order valence-electron chi connectivity index (χ0n) is 14.7. The molecule has 3 heterocycles. The van der Waals surface area contributed by atoms with Crippen LogP contribution in [0.15, 0.2) is 18.7 Å². The van der Waals surface area contributed by atoms with E-state index in [2.05, 4.69) is 21.4 Å². The fourth-order valence-corrected chi connectivity index (χ4v) is 5.10. The van der Waals surface area contributed by atoms with Crippen LogP contribution in [-0.2, 0) is 12.8 Å². The van der Waals surface area contributed by atoms with Gasteiger partial charge in [-0.15, -0.1) is 0 Å². The molecule has 132 valence electrons. The van der Waals surface area contributed by atoms with E-state index < -0.39 is 0 Å². The summed E-state index contributed by atoms with van der Waals surface area (Å²) < 4.78 is 2.07. The molecule has 2 aromatic rings. The number of aliphatic hydroxyl groups is 1. The first-order valence-electron chi connectivity index (χ1n) is 9.46. The minimum absolute atomic E-state index is 0.145. The second kappa shape index (κ2) is 5.80. The Morgan fingerprint density at radius 1 is 1.12 bits per heavy atom. The highest BCUT2D eigenvalue weighted by atomic mass is 16.3. The van der Waals surface area contributed by atoms with Gasteiger partial charge in [0.2, 0.25) is 5.95 Å². The molecule has 1 aliphatic heterocycles. The molecular weight excluding hydrogens is 314 g/mol. The first-order valence-corrected chi connectivity index (χ1v) is 9.46. The van der Waals surface area contributed by atoms with Crippen molar-refractivity contribution < 1.29 is 5.11 Å². The van der Waals surface area contributed by atoms with E-state index in [1.54, 1.807) is 6.20 Å². The number of aryl methyl sites for hydroxylation is 2. The van der Waals surface area contributed by atoms with Gasteiger partial charge in [0.25, 0.3) is 0 Å². The zero-order valence-corrected chi connectivity index (χ0v) is 14.7. The van der Waals surface area contributed by atoms with E-state index in [0.29, 0.717) is 11.8 Å². The molecular formula is C19H25N5O. The van der Waals surface area contributed by atoms with E-state index in [9.17, 15) is 5.11 Å². The van der Waals surface area contributed by atoms with Crippen molar-refractivity contribution in [2.24, 2.45) is 11.8 Å². The van der Waals surface area contributed by atoms with Crippen LogP contribution in [0.2, 0.25) is 0 Å². The van der Waals surface area contributed by atoms with E-state index in [-0.39, 0.29) is 12.1 Å². The summed E-state index contributed by atoms with van der Waals surface area (Å²) in [6.07, 6.45) is 10.6. The highest BCUT2D eigenvalue weighted by Gasteiger charge is 2.43. The summed E-state index contributed by atoms with van der Waals surface area (Å²) in [5.74, 6) is 2.03. The lowest BCUT2D eigenvalue weighted by Crippen LogP contribution is -2.35. The topological polar surface area (TPSA) is 67.1 Å². The smallest absolute Gasteiger partial charge is 0.225 e. The van der Waals surface area contributed by atoms with E-state index >= 15 is 0 Å². The van der Waals surface area contributed by atoms with Crippen LogP contribution in [0.3, 0.4) is 0 Å². The number of fused-ring (bicyclic) bond motifs is 2. The monoisotopic (exact) mass is 339 g/mol. The van der Waals surface area contributed by atoms with Gasteiger partial charge in [-0.3, -0.25) is 0 Å². The van der Waals surface area contributed by atoms with Gasteiger partial charge < -0.3 is 14.6 Å². The summed E-state index contributed by atoms with van der Waals surface area (Å²) >= 11 is 0. The Morgan fingerprint density at radius 3 is 2.76 bits per heavy atom. The van der Waals surface area contributed by atoms with Crippen LogP contribution in [-0.4, -0.2) is 43.8 Å². The van der Waals surface area contributed by atoms with E-state index in [1.165, 1.54) is 17.7 Å². The van der Waals surface area contributed by atoms with Gasteiger partial charge in [-0.2, -0.15) is 0 Å². The normalized spacial score (nSPS) is 31.2. The van der Waals surface area contributed by atoms with Crippen LogP contribution in [0.25, 0.3) is 0 Å². The standard InChI is InChI=1S/C19H25N5O/c1-12-15-3-2-4-16(15)22-19(21-12)24-9-13-7-17(23-6-5-20-11-23)18(25)8-14(13)10-24/h5-6,11,13-14,17-18,25H,2-4,7-10H2,1H3/t13-,14+,17-,18-/m1/s1. The maximum atomic E-state index is 10.6. The second-order valence-corrected chi connectivity index (χ2v) is 7.93. The molecule has 4 atom stereocenters. The van der Waals surface area contributed by atoms with Gasteiger partial charge in [-0.05, 0) is 56.4 Å². The van der Waals surface area contributed by atoms with Crippen molar-refractivity contribution in [3.05, 3.63) is 35.7 Å². The van der Waals surface area contributed by atoms with E-state index in [4.69, 9.17) is 9.97 Å². The lowest BCUT2D eigenvalue weighted by Gasteiger charge is -2.35. The SMILES string of the molecule is Cc1nc(N2C[C@H]3C[C@@H](n4ccnc4)[C@H](O)C[C@H]3C2)nc2c1CCC2. The van der Waals surface area contributed by atoms with Crippen molar-refractivity contribution in [3.63, 3.8) is 0 Å². The van der Waals surface area contributed by atoms with Crippen molar-refractivity contribution in [1.82, 2.24) is 19.5 Å². The number of aliphatic hydroxyl groups excluding tert-OH is 1. The molecule has 3 aliphatic rings. The predicted octanol–water partition coefficient (Wildman–Crippen LogP) is 1.92. The summed E-state index contributed by atoms with van der Waals surface area (Å²) in [4.78, 5) is 16.2. The Bertz CT molecular complexity index is 774. The van der Waals surface area contributed by atoms with Gasteiger partial charge in [0.1, 0.15) is 0 Å². The summed E-state index contributed by atoms with van der Waals surface area (Å²) in [5.41, 5.74) is 3.79. The third-order valence-electron chi connectivity index (χ3n) is 6.43. The summed E-state index contributed by atoms with van der Waals surface area (Å²) in [7, 11) is 0. The first-order chi connectivity index (χ1) is 12.2. The Balaban J connectivity index is 1.37. The summed E-state index contributed by atoms with van der Waals surface area (Å²) in [5, 5.41) is 10.6. The molecule has 6 heteroatoms. The number of nitrogens with zero attached hydrogens (tertiary/aromatic N) is 5. The molecule has 1 saturated carbocycles. The minimum atomic E-state index is -0.293. The maximum Gasteiger partial charge on any atom is 0.225 e. The fourth-order valence-electron chi connectivity index (χ4n) is 5.10. The number of aromatic nitrogens is 4. The lowest BCUT2D eigenvalue weighted by molar-refractivity contribution is 0.0358. The van der Waals surface area contributed by atoms with Gasteiger partial charge in [0.15, 0.2) is 0 Å². The number of imidazole rings is 1. The number of hydrogen-bond donors (Lipinski definition) is 1. The lowest BCUT2D eigenvalue weighted by atomic mass is 9.77. The molecule has 0 amide bonds. The largest absolute Gasteiger partial charge is 0.391 e. The predicted molar refractivity (Wildman–Crippen MR) is 94.5 cm³/mol. The molecule has 2 fully saturated rings. The fraction of sp³-hybridized carbons (Fsp3) is 0.632. The molecule has 0 spiro atoms. The maximum absolute atomic E-state index is 10.6. The van der Waals surface area contributed by atoms with Gasteiger partial charge in [0, 0.05) is 36.9 Å². The van der Waals surface area contributed by atoms with Gasteiger partial charge >= 0.3 is 0 Å². The molecule has 1 saturated heterocycles. The highest BCUT2D eigenvalue weighted by Crippen LogP contribution is 2.42. The first kappa shape index (κ1) is 15.3. The molecule has 2 aromatic heterocycles. The summed E-state index contributed by atoms with van der Waals surface area (Å²) in [6, 6.07) is 0.145. The van der Waals surface area contributed by atoms with Crippen molar-refractivity contribution in [1.29, 1.82) is 0 Å². The Kier molecular flexibility index (Phi) is 3.55. The summed E-state index contributed by atoms with van der Waals surface area (Å²) in [6.45, 7) is 4.09. The van der Waals surface area contributed by atoms with Crippen LogP contribution in [0.1, 0.15) is 42.3 Å². The number of hydrogen-bond acceptors (Lipinski definition) is 5. The van der Waals surface area contributed by atoms with Crippen molar-refractivity contribution in [2.45, 2.75) is 51.2 Å². The second-order valence-electron chi connectivity index (χ2n) is 7.93. The average molecular weight is 339 g/mol. The van der Waals surface area contributed by atoms with Crippen LogP contribution in [0, 0.1) is 18.8 Å². The van der Waals surface area contributed by atoms with Gasteiger partial charge in [0.05, 0.1) is 18.5 Å². The van der Waals surface area contributed by atoms with Crippen LogP contribution in [0.5, 0.6) is 0 Å². The Morgan fingerprint density at radius 2 is 1.96 bits per heavy atom. The van der Waals surface area contributed by atoms with Crippen molar-refractivity contribution >= 4 is 5.95 Å². The minimum Gasteiger partial charge on any atom is -0.391 e. The van der Waals surface area contributed by atoms with Gasteiger partial charge in [-0.1, -0.05) is 0 Å². The molecule has 25 heavy (non-hydrogen) atoms. The molecule has 0 unspecified atom stereocenters. The van der Waals surface area contributed by atoms with E-state index in [0.717, 1.165) is 50.4 Å². The third-order valence-corrected chi connectivity index (χ3v) is 6.43. The zero-order chi connectivity index (χ0) is 17.0. The Hall–Kier alpha value is -1.95. The number of anilines is 1. The molecule has 0 aromatic carbocycles. The molecule has 0 radical (unpaired) electrons. The van der Waals surface area contributed by atoms with Crippen molar-refractivity contribution in [2.75, 3.05) is 18.0 Å². The quantitative estimate of drug-likeness (QED) is 0.905. The number of rotatable bonds is 2. The van der Waals surface area contributed by atoms with Crippen molar-refractivity contribution in [3.8, 4) is 0 Å². The third kappa shape index (κ3) is 2.54. The Labute approximate surface area is 147 Å². The molecule has 5 rings (SSSR count). The highest BCUT2D eigenvalue weighted by molar-refractivity contribution is 5.40. The molecule has 0 bridgehead atoms. The van der Waals surface area contributed by atoms with E-state index in [1.807, 2.05) is 12.5 Å². The molecule has 2 aliphatic carbocycles. The molecule has 6 nitrogen and oxygen atoms in total. The molecule has 1 N–H and O–H groups in total. The van der Waals surface area contributed by atoms with Crippen LogP contribution in [0.4, 0.5) is 5.95 Å². The van der Waals surface area contributed by atoms with Crippen LogP contribution < -0.4 is 4.90 Å².